The van der Waals surface area contributed by atoms with Gasteiger partial charge in [-0.1, -0.05) is 60.2 Å². The van der Waals surface area contributed by atoms with Gasteiger partial charge >= 0.3 is 0 Å². The first-order valence-corrected chi connectivity index (χ1v) is 11.2. The molecule has 1 unspecified atom stereocenters. The Balaban J connectivity index is 1.52. The summed E-state index contributed by atoms with van der Waals surface area (Å²) in [5.41, 5.74) is 6.69. The van der Waals surface area contributed by atoms with E-state index < -0.39 is 0 Å². The number of aryl methyl sites for hydroxylation is 2. The summed E-state index contributed by atoms with van der Waals surface area (Å²) in [7, 11) is 2.11. The zero-order valence-corrected chi connectivity index (χ0v) is 19.5. The molecule has 0 saturated carbocycles. The molecule has 1 fully saturated rings. The molecule has 4 rings (SSSR count). The van der Waals surface area contributed by atoms with Crippen molar-refractivity contribution in [1.82, 2.24) is 19.6 Å². The molecule has 1 aliphatic rings. The SMILES string of the molecule is Cc1ccc(Cn2nc(C)c(/C=C/C(=O)N3CCN(C)CC3c3ccccc3)c2C)cc1. The molecule has 3 aromatic rings. The number of benzene rings is 2. The summed E-state index contributed by atoms with van der Waals surface area (Å²) >= 11 is 0. The minimum Gasteiger partial charge on any atom is -0.330 e. The summed E-state index contributed by atoms with van der Waals surface area (Å²) in [6.45, 7) is 9.35. The Bertz CT molecular complexity index is 1100. The number of nitrogens with zero attached hydrogens (tertiary/aromatic N) is 4. The minimum atomic E-state index is 0.0528. The van der Waals surface area contributed by atoms with Crippen molar-refractivity contribution in [3.8, 4) is 0 Å². The average molecular weight is 429 g/mol. The highest BCUT2D eigenvalue weighted by Crippen LogP contribution is 2.25. The topological polar surface area (TPSA) is 41.4 Å². The van der Waals surface area contributed by atoms with Gasteiger partial charge in [0.2, 0.25) is 5.91 Å². The first-order valence-electron chi connectivity index (χ1n) is 11.2. The number of amides is 1. The summed E-state index contributed by atoms with van der Waals surface area (Å²) in [5.74, 6) is 0.0528. The van der Waals surface area contributed by atoms with Gasteiger partial charge in [0.1, 0.15) is 0 Å². The van der Waals surface area contributed by atoms with E-state index in [1.165, 1.54) is 16.7 Å². The number of carbonyl (C=O) groups excluding carboxylic acids is 1. The number of piperazine rings is 1. The van der Waals surface area contributed by atoms with Crippen molar-refractivity contribution in [2.45, 2.75) is 33.4 Å². The minimum absolute atomic E-state index is 0.0528. The normalized spacial score (nSPS) is 17.2. The molecule has 32 heavy (non-hydrogen) atoms. The zero-order chi connectivity index (χ0) is 22.7. The summed E-state index contributed by atoms with van der Waals surface area (Å²) in [5, 5.41) is 4.72. The fourth-order valence-corrected chi connectivity index (χ4v) is 4.37. The van der Waals surface area contributed by atoms with Crippen LogP contribution in [0.2, 0.25) is 0 Å². The first kappa shape index (κ1) is 22.0. The molecule has 2 heterocycles. The van der Waals surface area contributed by atoms with Crippen molar-refractivity contribution < 1.29 is 4.79 Å². The average Bonchev–Trinajstić information content (AvgIpc) is 3.06. The van der Waals surface area contributed by atoms with Gasteiger partial charge in [0.25, 0.3) is 0 Å². The fourth-order valence-electron chi connectivity index (χ4n) is 4.37. The Morgan fingerprint density at radius 3 is 2.47 bits per heavy atom. The molecule has 2 aromatic carbocycles. The lowest BCUT2D eigenvalue weighted by atomic mass is 10.0. The van der Waals surface area contributed by atoms with Crippen LogP contribution < -0.4 is 0 Å². The third-order valence-electron chi connectivity index (χ3n) is 6.33. The maximum atomic E-state index is 13.2. The second-order valence-electron chi connectivity index (χ2n) is 8.78. The lowest BCUT2D eigenvalue weighted by Crippen LogP contribution is -2.48. The van der Waals surface area contributed by atoms with Crippen LogP contribution in [0.5, 0.6) is 0 Å². The molecule has 5 heteroatoms. The van der Waals surface area contributed by atoms with Crippen LogP contribution in [0.15, 0.2) is 60.7 Å². The third kappa shape index (κ3) is 4.83. The Labute approximate surface area is 191 Å². The van der Waals surface area contributed by atoms with Gasteiger partial charge in [-0.25, -0.2) is 0 Å². The number of carbonyl (C=O) groups is 1. The second-order valence-corrected chi connectivity index (χ2v) is 8.78. The van der Waals surface area contributed by atoms with Crippen molar-refractivity contribution in [1.29, 1.82) is 0 Å². The summed E-state index contributed by atoms with van der Waals surface area (Å²) in [4.78, 5) is 17.5. The lowest BCUT2D eigenvalue weighted by molar-refractivity contribution is -0.130. The molecule has 1 atom stereocenters. The fraction of sp³-hybridized carbons (Fsp3) is 0.333. The highest BCUT2D eigenvalue weighted by atomic mass is 16.2. The van der Waals surface area contributed by atoms with Gasteiger partial charge in [0.15, 0.2) is 0 Å². The van der Waals surface area contributed by atoms with Crippen molar-refractivity contribution in [3.05, 3.63) is 94.3 Å². The number of rotatable bonds is 5. The molecule has 0 aliphatic carbocycles. The molecule has 0 N–H and O–H groups in total. The van der Waals surface area contributed by atoms with Crippen LogP contribution in [0.1, 0.15) is 39.7 Å². The molecule has 1 aromatic heterocycles. The Kier molecular flexibility index (Phi) is 6.56. The van der Waals surface area contributed by atoms with E-state index in [9.17, 15) is 4.79 Å². The number of hydrogen-bond acceptors (Lipinski definition) is 3. The van der Waals surface area contributed by atoms with Crippen LogP contribution in [-0.2, 0) is 11.3 Å². The zero-order valence-electron chi connectivity index (χ0n) is 19.5. The van der Waals surface area contributed by atoms with Gasteiger partial charge in [-0.3, -0.25) is 9.48 Å². The van der Waals surface area contributed by atoms with E-state index in [1.807, 2.05) is 40.8 Å². The Hall–Kier alpha value is -3.18. The molecule has 1 saturated heterocycles. The highest BCUT2D eigenvalue weighted by Gasteiger charge is 2.29. The molecular weight excluding hydrogens is 396 g/mol. The van der Waals surface area contributed by atoms with E-state index in [1.54, 1.807) is 6.08 Å². The van der Waals surface area contributed by atoms with E-state index in [-0.39, 0.29) is 11.9 Å². The lowest BCUT2D eigenvalue weighted by Gasteiger charge is -2.40. The van der Waals surface area contributed by atoms with E-state index in [4.69, 9.17) is 5.10 Å². The summed E-state index contributed by atoms with van der Waals surface area (Å²) in [6, 6.07) is 18.9. The van der Waals surface area contributed by atoms with Crippen molar-refractivity contribution >= 4 is 12.0 Å². The Morgan fingerprint density at radius 2 is 1.75 bits per heavy atom. The standard InChI is InChI=1S/C27H32N4O/c1-20-10-12-23(13-11-20)18-31-22(3)25(21(2)28-31)14-15-27(32)30-17-16-29(4)19-26(30)24-8-6-5-7-9-24/h5-15,26H,16-19H2,1-4H3/b15-14+. The van der Waals surface area contributed by atoms with Gasteiger partial charge in [0, 0.05) is 37.0 Å². The van der Waals surface area contributed by atoms with Crippen molar-refractivity contribution in [3.63, 3.8) is 0 Å². The van der Waals surface area contributed by atoms with Gasteiger partial charge in [-0.15, -0.1) is 0 Å². The smallest absolute Gasteiger partial charge is 0.247 e. The predicted molar refractivity (Wildman–Crippen MR) is 129 cm³/mol. The third-order valence-corrected chi connectivity index (χ3v) is 6.33. The van der Waals surface area contributed by atoms with Crippen molar-refractivity contribution in [2.24, 2.45) is 0 Å². The monoisotopic (exact) mass is 428 g/mol. The van der Waals surface area contributed by atoms with Crippen LogP contribution in [0.3, 0.4) is 0 Å². The summed E-state index contributed by atoms with van der Waals surface area (Å²) in [6.07, 6.45) is 3.65. The van der Waals surface area contributed by atoms with Crippen LogP contribution in [0, 0.1) is 20.8 Å². The van der Waals surface area contributed by atoms with Crippen LogP contribution >= 0.6 is 0 Å². The van der Waals surface area contributed by atoms with Gasteiger partial charge in [-0.2, -0.15) is 5.10 Å². The van der Waals surface area contributed by atoms with Gasteiger partial charge in [0.05, 0.1) is 18.3 Å². The molecule has 166 valence electrons. The van der Waals surface area contributed by atoms with E-state index in [0.29, 0.717) is 0 Å². The number of aromatic nitrogens is 2. The van der Waals surface area contributed by atoms with E-state index >= 15 is 0 Å². The molecule has 0 radical (unpaired) electrons. The van der Waals surface area contributed by atoms with Crippen LogP contribution in [-0.4, -0.2) is 52.2 Å². The van der Waals surface area contributed by atoms with Crippen LogP contribution in [0.25, 0.3) is 6.08 Å². The maximum Gasteiger partial charge on any atom is 0.247 e. The van der Waals surface area contributed by atoms with Gasteiger partial charge < -0.3 is 9.80 Å². The molecule has 0 spiro atoms. The van der Waals surface area contributed by atoms with Crippen molar-refractivity contribution in [2.75, 3.05) is 26.7 Å². The summed E-state index contributed by atoms with van der Waals surface area (Å²) < 4.78 is 2.02. The second kappa shape index (κ2) is 9.53. The quantitative estimate of drug-likeness (QED) is 0.566. The molecule has 0 bridgehead atoms. The first-order chi connectivity index (χ1) is 15.4. The maximum absolute atomic E-state index is 13.2. The molecule has 1 amide bonds. The molecule has 5 nitrogen and oxygen atoms in total. The molecule has 1 aliphatic heterocycles. The van der Waals surface area contributed by atoms with Crippen LogP contribution in [0.4, 0.5) is 0 Å². The Morgan fingerprint density at radius 1 is 1.03 bits per heavy atom. The number of likely N-dealkylation sites (N-methyl/N-ethyl adjacent to an activating group) is 1. The number of hydrogen-bond donors (Lipinski definition) is 0. The van der Waals surface area contributed by atoms with Gasteiger partial charge in [-0.05, 0) is 45.0 Å². The highest BCUT2D eigenvalue weighted by molar-refractivity contribution is 5.92. The van der Waals surface area contributed by atoms with E-state index in [0.717, 1.165) is 43.1 Å². The van der Waals surface area contributed by atoms with E-state index in [2.05, 4.69) is 62.2 Å². The largest absolute Gasteiger partial charge is 0.330 e. The molecular formula is C27H32N4O. The predicted octanol–water partition coefficient (Wildman–Crippen LogP) is 4.39.